The van der Waals surface area contributed by atoms with Crippen LogP contribution in [0.15, 0.2) is 42.7 Å². The number of ether oxygens (including phenoxy) is 2. The number of carbonyl (C=O) groups excluding carboxylic acids is 1. The monoisotopic (exact) mass is 422 g/mol. The summed E-state index contributed by atoms with van der Waals surface area (Å²) in [5, 5.41) is 11.7. The Hall–Kier alpha value is -3.62. The molecule has 1 fully saturated rings. The highest BCUT2D eigenvalue weighted by atomic mass is 16.5. The Bertz CT molecular complexity index is 1030. The van der Waals surface area contributed by atoms with Gasteiger partial charge in [-0.3, -0.25) is 9.36 Å². The van der Waals surface area contributed by atoms with Crippen LogP contribution >= 0.6 is 0 Å². The maximum Gasteiger partial charge on any atom is 0.229 e. The minimum atomic E-state index is -0.150. The van der Waals surface area contributed by atoms with Gasteiger partial charge in [-0.05, 0) is 31.9 Å². The molecule has 1 amide bonds. The molecule has 9 nitrogen and oxygen atoms in total. The second kappa shape index (κ2) is 9.03. The Morgan fingerprint density at radius 2 is 1.81 bits per heavy atom. The van der Waals surface area contributed by atoms with Crippen LogP contribution in [0.3, 0.4) is 0 Å². The number of carbonyl (C=O) groups is 1. The number of amides is 1. The molecule has 0 radical (unpaired) electrons. The summed E-state index contributed by atoms with van der Waals surface area (Å²) in [5.74, 6) is 3.42. The van der Waals surface area contributed by atoms with Gasteiger partial charge in [0.15, 0.2) is 11.6 Å². The van der Waals surface area contributed by atoms with Crippen LogP contribution in [0.4, 0.5) is 11.5 Å². The van der Waals surface area contributed by atoms with Crippen LogP contribution in [-0.4, -0.2) is 53.0 Å². The lowest BCUT2D eigenvalue weighted by Gasteiger charge is -2.32. The van der Waals surface area contributed by atoms with Crippen LogP contribution in [0.25, 0.3) is 5.82 Å². The zero-order chi connectivity index (χ0) is 21.8. The maximum absolute atomic E-state index is 12.9. The van der Waals surface area contributed by atoms with Crippen molar-refractivity contribution in [1.29, 1.82) is 0 Å². The molecule has 9 heteroatoms. The van der Waals surface area contributed by atoms with Crippen LogP contribution in [0, 0.1) is 12.8 Å². The van der Waals surface area contributed by atoms with E-state index < -0.39 is 0 Å². The first-order valence-corrected chi connectivity index (χ1v) is 10.2. The lowest BCUT2D eigenvalue weighted by molar-refractivity contribution is -0.120. The van der Waals surface area contributed by atoms with Gasteiger partial charge in [0.1, 0.15) is 17.3 Å². The van der Waals surface area contributed by atoms with Gasteiger partial charge in [0, 0.05) is 49.4 Å². The molecule has 3 aromatic rings. The van der Waals surface area contributed by atoms with Crippen molar-refractivity contribution in [2.75, 3.05) is 37.5 Å². The van der Waals surface area contributed by atoms with Crippen molar-refractivity contribution < 1.29 is 14.3 Å². The molecule has 2 aromatic heterocycles. The molecule has 0 bridgehead atoms. The van der Waals surface area contributed by atoms with E-state index in [0.717, 1.165) is 36.8 Å². The van der Waals surface area contributed by atoms with E-state index in [2.05, 4.69) is 25.4 Å². The van der Waals surface area contributed by atoms with Gasteiger partial charge in [-0.1, -0.05) is 0 Å². The quantitative estimate of drug-likeness (QED) is 0.653. The van der Waals surface area contributed by atoms with Crippen molar-refractivity contribution in [1.82, 2.24) is 19.7 Å². The van der Waals surface area contributed by atoms with Gasteiger partial charge in [-0.25, -0.2) is 4.98 Å². The van der Waals surface area contributed by atoms with E-state index in [0.29, 0.717) is 23.7 Å². The molecule has 1 aromatic carbocycles. The summed E-state index contributed by atoms with van der Waals surface area (Å²) in [6.45, 7) is 3.35. The molecular weight excluding hydrogens is 396 g/mol. The lowest BCUT2D eigenvalue weighted by Crippen LogP contribution is -2.41. The molecule has 1 aliphatic rings. The van der Waals surface area contributed by atoms with Crippen LogP contribution in [0.2, 0.25) is 0 Å². The molecule has 31 heavy (non-hydrogen) atoms. The van der Waals surface area contributed by atoms with Crippen LogP contribution in [0.5, 0.6) is 11.5 Å². The van der Waals surface area contributed by atoms with Crippen molar-refractivity contribution in [2.45, 2.75) is 19.8 Å². The second-order valence-electron chi connectivity index (χ2n) is 7.47. The number of piperidine rings is 1. The van der Waals surface area contributed by atoms with E-state index in [4.69, 9.17) is 9.47 Å². The topological polar surface area (TPSA) is 94.4 Å². The fourth-order valence-corrected chi connectivity index (χ4v) is 3.76. The number of nitrogens with one attached hydrogen (secondary N) is 1. The van der Waals surface area contributed by atoms with E-state index in [1.807, 2.05) is 29.8 Å². The highest BCUT2D eigenvalue weighted by molar-refractivity contribution is 5.93. The summed E-state index contributed by atoms with van der Waals surface area (Å²) < 4.78 is 12.4. The number of aryl methyl sites for hydroxylation is 1. The third kappa shape index (κ3) is 4.60. The summed E-state index contributed by atoms with van der Waals surface area (Å²) >= 11 is 0. The summed E-state index contributed by atoms with van der Waals surface area (Å²) in [5.41, 5.74) is 0.651. The average molecular weight is 422 g/mol. The van der Waals surface area contributed by atoms with Crippen molar-refractivity contribution in [3.05, 3.63) is 48.5 Å². The summed E-state index contributed by atoms with van der Waals surface area (Å²) in [4.78, 5) is 19.2. The van der Waals surface area contributed by atoms with Crippen LogP contribution in [-0.2, 0) is 4.79 Å². The first kappa shape index (κ1) is 20.6. The Morgan fingerprint density at radius 1 is 1.10 bits per heavy atom. The number of hydrogen-bond donors (Lipinski definition) is 1. The van der Waals surface area contributed by atoms with Crippen LogP contribution < -0.4 is 19.7 Å². The lowest BCUT2D eigenvalue weighted by atomic mass is 9.97. The van der Waals surface area contributed by atoms with E-state index in [1.54, 1.807) is 38.6 Å². The SMILES string of the molecule is COc1cc(NC(=O)C2CCCN(c3ccc(-n4ccnc4C)nn3)C2)cc(OC)c1. The van der Waals surface area contributed by atoms with E-state index >= 15 is 0 Å². The number of imidazole rings is 1. The van der Waals surface area contributed by atoms with Gasteiger partial charge >= 0.3 is 0 Å². The Kier molecular flexibility index (Phi) is 6.01. The zero-order valence-electron chi connectivity index (χ0n) is 17.9. The smallest absolute Gasteiger partial charge is 0.229 e. The molecule has 1 unspecified atom stereocenters. The first-order valence-electron chi connectivity index (χ1n) is 10.2. The number of anilines is 2. The predicted molar refractivity (Wildman–Crippen MR) is 117 cm³/mol. The zero-order valence-corrected chi connectivity index (χ0v) is 17.9. The van der Waals surface area contributed by atoms with Gasteiger partial charge in [0.25, 0.3) is 0 Å². The van der Waals surface area contributed by atoms with E-state index in [9.17, 15) is 4.79 Å². The van der Waals surface area contributed by atoms with Crippen molar-refractivity contribution in [2.24, 2.45) is 5.92 Å². The van der Waals surface area contributed by atoms with Crippen molar-refractivity contribution in [3.8, 4) is 17.3 Å². The number of nitrogens with zero attached hydrogens (tertiary/aromatic N) is 5. The molecule has 0 aliphatic carbocycles. The highest BCUT2D eigenvalue weighted by Crippen LogP contribution is 2.28. The fraction of sp³-hybridized carbons (Fsp3) is 0.364. The Labute approximate surface area is 181 Å². The number of rotatable bonds is 6. The Balaban J connectivity index is 1.43. The third-order valence-electron chi connectivity index (χ3n) is 5.44. The summed E-state index contributed by atoms with van der Waals surface area (Å²) in [6.07, 6.45) is 5.32. The molecule has 4 rings (SSSR count). The third-order valence-corrected chi connectivity index (χ3v) is 5.44. The van der Waals surface area contributed by atoms with E-state index in [-0.39, 0.29) is 11.8 Å². The van der Waals surface area contributed by atoms with Gasteiger partial charge < -0.3 is 19.7 Å². The minimum absolute atomic E-state index is 0.0291. The molecule has 0 spiro atoms. The van der Waals surface area contributed by atoms with Gasteiger partial charge in [0.05, 0.1) is 20.1 Å². The van der Waals surface area contributed by atoms with Gasteiger partial charge in [0.2, 0.25) is 5.91 Å². The average Bonchev–Trinajstić information content (AvgIpc) is 3.24. The first-order chi connectivity index (χ1) is 15.1. The molecule has 1 N–H and O–H groups in total. The maximum atomic E-state index is 12.9. The Morgan fingerprint density at radius 3 is 2.42 bits per heavy atom. The number of benzene rings is 1. The summed E-state index contributed by atoms with van der Waals surface area (Å²) in [6, 6.07) is 9.19. The number of aromatic nitrogens is 4. The van der Waals surface area contributed by atoms with Crippen molar-refractivity contribution >= 4 is 17.4 Å². The van der Waals surface area contributed by atoms with Gasteiger partial charge in [-0.2, -0.15) is 0 Å². The summed E-state index contributed by atoms with van der Waals surface area (Å²) in [7, 11) is 3.17. The number of hydrogen-bond acceptors (Lipinski definition) is 7. The molecule has 0 saturated carbocycles. The molecular formula is C22H26N6O3. The molecule has 1 aliphatic heterocycles. The van der Waals surface area contributed by atoms with E-state index in [1.165, 1.54) is 0 Å². The van der Waals surface area contributed by atoms with Crippen molar-refractivity contribution in [3.63, 3.8) is 0 Å². The fourth-order valence-electron chi connectivity index (χ4n) is 3.76. The number of methoxy groups -OCH3 is 2. The molecule has 1 atom stereocenters. The highest BCUT2D eigenvalue weighted by Gasteiger charge is 2.27. The molecule has 1 saturated heterocycles. The predicted octanol–water partition coefficient (Wildman–Crippen LogP) is 2.84. The standard InChI is InChI=1S/C22H26N6O3/c1-15-23-8-10-28(15)21-7-6-20(25-26-21)27-9-4-5-16(14-27)22(29)24-17-11-18(30-2)13-19(12-17)31-3/h6-8,10-13,16H,4-5,9,14H2,1-3H3,(H,24,29). The normalized spacial score (nSPS) is 16.1. The molecule has 3 heterocycles. The second-order valence-corrected chi connectivity index (χ2v) is 7.47. The van der Waals surface area contributed by atoms with Gasteiger partial charge in [-0.15, -0.1) is 10.2 Å². The largest absolute Gasteiger partial charge is 0.497 e. The minimum Gasteiger partial charge on any atom is -0.497 e. The van der Waals surface area contributed by atoms with Crippen LogP contribution in [0.1, 0.15) is 18.7 Å². The molecule has 162 valence electrons.